The van der Waals surface area contributed by atoms with E-state index < -0.39 is 0 Å². The summed E-state index contributed by atoms with van der Waals surface area (Å²) in [5.41, 5.74) is 10.3. The van der Waals surface area contributed by atoms with Crippen LogP contribution in [0.25, 0.3) is 0 Å². The Bertz CT molecular complexity index is 1220. The molecular formula is C37H50O2. The van der Waals surface area contributed by atoms with Crippen molar-refractivity contribution in [2.45, 2.75) is 134 Å². The minimum absolute atomic E-state index is 0.285. The minimum Gasteiger partial charge on any atom is -0.370 e. The molecule has 1 heterocycles. The smallest absolute Gasteiger partial charge is 0.133 e. The highest BCUT2D eigenvalue weighted by atomic mass is 16.6. The van der Waals surface area contributed by atoms with Crippen LogP contribution in [0, 0.1) is 25.7 Å². The fourth-order valence-corrected chi connectivity index (χ4v) is 9.59. The molecule has 1 aliphatic heterocycles. The zero-order chi connectivity index (χ0) is 27.3. The average Bonchev–Trinajstić information content (AvgIpc) is 3.73. The maximum atomic E-state index is 11.9. The molecule has 0 N–H and O–H groups in total. The second kappa shape index (κ2) is 10.5. The molecule has 2 aromatic rings. The van der Waals surface area contributed by atoms with E-state index in [1.165, 1.54) is 81.8 Å². The predicted molar refractivity (Wildman–Crippen MR) is 161 cm³/mol. The number of ketones is 1. The van der Waals surface area contributed by atoms with Crippen molar-refractivity contribution in [3.05, 3.63) is 69.8 Å². The molecule has 2 heteroatoms. The summed E-state index contributed by atoms with van der Waals surface area (Å²) in [4.78, 5) is 11.9. The van der Waals surface area contributed by atoms with Crippen molar-refractivity contribution in [3.8, 4) is 0 Å². The zero-order valence-electron chi connectivity index (χ0n) is 25.0. The third-order valence-corrected chi connectivity index (χ3v) is 11.9. The fraction of sp³-hybridized carbons (Fsp3) is 0.649. The van der Waals surface area contributed by atoms with Gasteiger partial charge in [-0.25, -0.2) is 0 Å². The number of hydrogen-bond acceptors (Lipinski definition) is 2. The summed E-state index contributed by atoms with van der Waals surface area (Å²) in [6.45, 7) is 10.2. The third kappa shape index (κ3) is 4.83. The Labute approximate surface area is 237 Å². The summed E-state index contributed by atoms with van der Waals surface area (Å²) >= 11 is 0. The topological polar surface area (TPSA) is 29.6 Å². The molecule has 2 saturated carbocycles. The van der Waals surface area contributed by atoms with Crippen LogP contribution in [0.1, 0.15) is 124 Å². The Morgan fingerprint density at radius 2 is 1.33 bits per heavy atom. The standard InChI is InChI=1S/C19H26O.C18H24O/c1-3-19-10-9-18(13-20-18)12-16(19)6-4-5-15-11-14(2)7-8-17(15)19;1-3-18-10-9-16(19)12-15(18)6-4-5-14-11-13(2)7-8-17(14)18/h7-8,11,16H,3-6,9-10,12-13H2,1-2H3;7-8,11,15H,3-6,9-10,12H2,1-2H3/t16-,18+,19+;15-,18+/m00/s1. The van der Waals surface area contributed by atoms with Gasteiger partial charge >= 0.3 is 0 Å². The van der Waals surface area contributed by atoms with Crippen LogP contribution in [-0.4, -0.2) is 18.0 Å². The van der Waals surface area contributed by atoms with Gasteiger partial charge in [0, 0.05) is 12.8 Å². The van der Waals surface area contributed by atoms with Crippen LogP contribution in [0.4, 0.5) is 0 Å². The molecule has 0 radical (unpaired) electrons. The number of carbonyl (C=O) groups is 1. The van der Waals surface area contributed by atoms with Gasteiger partial charge in [0.15, 0.2) is 0 Å². The van der Waals surface area contributed by atoms with Crippen LogP contribution in [0.2, 0.25) is 0 Å². The number of rotatable bonds is 2. The van der Waals surface area contributed by atoms with Crippen LogP contribution in [-0.2, 0) is 33.2 Å². The second-order valence-electron chi connectivity index (χ2n) is 13.9. The lowest BCUT2D eigenvalue weighted by Crippen LogP contribution is -2.42. The van der Waals surface area contributed by atoms with Gasteiger partial charge in [-0.05, 0) is 136 Å². The molecule has 0 bridgehead atoms. The lowest BCUT2D eigenvalue weighted by molar-refractivity contribution is -0.123. The first-order valence-corrected chi connectivity index (χ1v) is 16.2. The van der Waals surface area contributed by atoms with Crippen molar-refractivity contribution in [1.82, 2.24) is 0 Å². The first-order valence-electron chi connectivity index (χ1n) is 16.2. The molecule has 2 nitrogen and oxygen atoms in total. The summed E-state index contributed by atoms with van der Waals surface area (Å²) < 4.78 is 5.82. The first kappa shape index (κ1) is 27.3. The molecule has 0 aromatic heterocycles. The molecular weight excluding hydrogens is 476 g/mol. The van der Waals surface area contributed by atoms with Gasteiger partial charge in [0.25, 0.3) is 0 Å². The van der Waals surface area contributed by atoms with Crippen LogP contribution in [0.5, 0.6) is 0 Å². The van der Waals surface area contributed by atoms with Crippen molar-refractivity contribution in [3.63, 3.8) is 0 Å². The number of carbonyl (C=O) groups excluding carboxylic acids is 1. The Balaban J connectivity index is 0.000000142. The lowest BCUT2D eigenvalue weighted by atomic mass is 9.58. The number of aryl methyl sites for hydroxylation is 4. The zero-order valence-corrected chi connectivity index (χ0v) is 25.0. The molecule has 5 aliphatic rings. The van der Waals surface area contributed by atoms with Gasteiger partial charge in [0.2, 0.25) is 0 Å². The SMILES string of the molecule is CC[C@@]12CCC(=O)C[C@@H]1CCCc1cc(C)ccc12.CC[C@@]12CC[C@]3(CO3)C[C@@H]1CCCc1cc(C)ccc12. The number of Topliss-reactive ketones (excluding diaryl/α,β-unsaturated/α-hetero) is 1. The molecule has 1 spiro atoms. The number of hydrogen-bond donors (Lipinski definition) is 0. The molecule has 3 fully saturated rings. The lowest BCUT2D eigenvalue weighted by Gasteiger charge is -2.46. The highest BCUT2D eigenvalue weighted by Gasteiger charge is 2.56. The largest absolute Gasteiger partial charge is 0.370 e. The molecule has 7 rings (SSSR count). The van der Waals surface area contributed by atoms with E-state index in [0.29, 0.717) is 22.7 Å². The van der Waals surface area contributed by atoms with E-state index in [0.717, 1.165) is 31.8 Å². The molecule has 5 atom stereocenters. The van der Waals surface area contributed by atoms with E-state index in [9.17, 15) is 4.79 Å². The van der Waals surface area contributed by atoms with Crippen LogP contribution in [0.3, 0.4) is 0 Å². The van der Waals surface area contributed by atoms with E-state index in [-0.39, 0.29) is 5.41 Å². The maximum absolute atomic E-state index is 11.9. The number of ether oxygens (including phenoxy) is 1. The summed E-state index contributed by atoms with van der Waals surface area (Å²) in [5.74, 6) is 1.92. The highest BCUT2D eigenvalue weighted by molar-refractivity contribution is 5.80. The Hall–Kier alpha value is -1.93. The van der Waals surface area contributed by atoms with Gasteiger partial charge in [0.05, 0.1) is 12.2 Å². The summed E-state index contributed by atoms with van der Waals surface area (Å²) in [7, 11) is 0. The molecule has 4 aliphatic carbocycles. The number of epoxide rings is 1. The van der Waals surface area contributed by atoms with Crippen molar-refractivity contribution in [2.24, 2.45) is 11.8 Å². The third-order valence-electron chi connectivity index (χ3n) is 11.9. The van der Waals surface area contributed by atoms with Crippen molar-refractivity contribution in [2.75, 3.05) is 6.61 Å². The van der Waals surface area contributed by atoms with Crippen LogP contribution >= 0.6 is 0 Å². The van der Waals surface area contributed by atoms with Gasteiger partial charge < -0.3 is 4.74 Å². The van der Waals surface area contributed by atoms with Crippen molar-refractivity contribution in [1.29, 1.82) is 0 Å². The average molecular weight is 527 g/mol. The molecule has 1 saturated heterocycles. The summed E-state index contributed by atoms with van der Waals surface area (Å²) in [6.07, 6.45) is 16.8. The Morgan fingerprint density at radius 3 is 1.90 bits per heavy atom. The molecule has 210 valence electrons. The van der Waals surface area contributed by atoms with E-state index in [1.54, 1.807) is 22.3 Å². The monoisotopic (exact) mass is 526 g/mol. The van der Waals surface area contributed by atoms with Gasteiger partial charge in [-0.1, -0.05) is 61.4 Å². The second-order valence-corrected chi connectivity index (χ2v) is 13.9. The first-order chi connectivity index (χ1) is 18.8. The van der Waals surface area contributed by atoms with Crippen molar-refractivity contribution < 1.29 is 9.53 Å². The van der Waals surface area contributed by atoms with Gasteiger partial charge in [-0.2, -0.15) is 0 Å². The summed E-state index contributed by atoms with van der Waals surface area (Å²) in [6, 6.07) is 14.2. The summed E-state index contributed by atoms with van der Waals surface area (Å²) in [5, 5.41) is 0. The quantitative estimate of drug-likeness (QED) is 0.366. The predicted octanol–water partition coefficient (Wildman–Crippen LogP) is 8.90. The van der Waals surface area contributed by atoms with Gasteiger partial charge in [-0.15, -0.1) is 0 Å². The fourth-order valence-electron chi connectivity index (χ4n) is 9.59. The maximum Gasteiger partial charge on any atom is 0.133 e. The van der Waals surface area contributed by atoms with E-state index in [2.05, 4.69) is 64.1 Å². The van der Waals surface area contributed by atoms with E-state index >= 15 is 0 Å². The Kier molecular flexibility index (Phi) is 7.32. The molecule has 39 heavy (non-hydrogen) atoms. The van der Waals surface area contributed by atoms with Gasteiger partial charge in [-0.3, -0.25) is 4.79 Å². The van der Waals surface area contributed by atoms with Crippen molar-refractivity contribution >= 4 is 5.78 Å². The molecule has 2 aromatic carbocycles. The number of benzene rings is 2. The van der Waals surface area contributed by atoms with Gasteiger partial charge in [0.1, 0.15) is 5.78 Å². The van der Waals surface area contributed by atoms with E-state index in [1.807, 2.05) is 0 Å². The van der Waals surface area contributed by atoms with Crippen LogP contribution < -0.4 is 0 Å². The van der Waals surface area contributed by atoms with Crippen LogP contribution in [0.15, 0.2) is 36.4 Å². The Morgan fingerprint density at radius 1 is 0.769 bits per heavy atom. The highest BCUT2D eigenvalue weighted by Crippen LogP contribution is 2.57. The normalized spacial score (nSPS) is 34.8. The molecule has 0 unspecified atom stereocenters. The number of fused-ring (bicyclic) bond motifs is 6. The van der Waals surface area contributed by atoms with E-state index in [4.69, 9.17) is 4.74 Å². The molecule has 0 amide bonds. The minimum atomic E-state index is 0.285.